The summed E-state index contributed by atoms with van der Waals surface area (Å²) in [5.74, 6) is 5.70. The second-order valence-electron chi connectivity index (χ2n) is 2.86. The number of anilines is 1. The van der Waals surface area contributed by atoms with E-state index in [9.17, 15) is 0 Å². The zero-order chi connectivity index (χ0) is 10.7. The van der Waals surface area contributed by atoms with E-state index < -0.39 is 0 Å². The van der Waals surface area contributed by atoms with E-state index in [-0.39, 0.29) is 0 Å². The minimum absolute atomic E-state index is 0.444. The first kappa shape index (κ1) is 10.4. The van der Waals surface area contributed by atoms with Crippen LogP contribution in [0.3, 0.4) is 0 Å². The van der Waals surface area contributed by atoms with Gasteiger partial charge in [0.25, 0.3) is 0 Å². The number of hydrogen-bond acceptors (Lipinski definition) is 6. The summed E-state index contributed by atoms with van der Waals surface area (Å²) < 4.78 is 1.21. The van der Waals surface area contributed by atoms with Gasteiger partial charge in [0, 0.05) is 11.8 Å². The Morgan fingerprint density at radius 3 is 3.07 bits per heavy atom. The smallest absolute Gasteiger partial charge is 0.238 e. The van der Waals surface area contributed by atoms with E-state index in [1.54, 1.807) is 29.3 Å². The van der Waals surface area contributed by atoms with Crippen molar-refractivity contribution in [3.8, 4) is 0 Å². The molecule has 15 heavy (non-hydrogen) atoms. The summed E-state index contributed by atoms with van der Waals surface area (Å²) in [6.45, 7) is 1.98. The number of nitrogens with one attached hydrogen (secondary N) is 1. The molecule has 2 aromatic heterocycles. The van der Waals surface area contributed by atoms with Crippen LogP contribution in [0.4, 0.5) is 5.95 Å². The van der Waals surface area contributed by atoms with Gasteiger partial charge < -0.3 is 0 Å². The maximum absolute atomic E-state index is 5.26. The van der Waals surface area contributed by atoms with E-state index >= 15 is 0 Å². The van der Waals surface area contributed by atoms with E-state index in [0.717, 1.165) is 10.6 Å². The molecular formula is C9H10N4S2. The van der Waals surface area contributed by atoms with Crippen LogP contribution in [0, 0.1) is 6.92 Å². The van der Waals surface area contributed by atoms with Crippen LogP contribution in [0.1, 0.15) is 5.56 Å². The van der Waals surface area contributed by atoms with Crippen LogP contribution >= 0.6 is 23.1 Å². The third-order valence-corrected chi connectivity index (χ3v) is 3.89. The quantitative estimate of drug-likeness (QED) is 0.488. The Labute approximate surface area is 95.9 Å². The van der Waals surface area contributed by atoms with Gasteiger partial charge in [0.15, 0.2) is 0 Å². The van der Waals surface area contributed by atoms with Gasteiger partial charge in [-0.2, -0.15) is 0 Å². The Balaban J connectivity index is 2.27. The highest BCUT2D eigenvalue weighted by Crippen LogP contribution is 2.31. The number of thiophene rings is 1. The summed E-state index contributed by atoms with van der Waals surface area (Å²) in [5, 5.41) is 2.97. The Morgan fingerprint density at radius 1 is 1.53 bits per heavy atom. The summed E-state index contributed by atoms with van der Waals surface area (Å²) in [7, 11) is 0. The Hall–Kier alpha value is -1.11. The van der Waals surface area contributed by atoms with Gasteiger partial charge >= 0.3 is 0 Å². The fourth-order valence-corrected chi connectivity index (χ4v) is 2.74. The van der Waals surface area contributed by atoms with Crippen LogP contribution in [-0.4, -0.2) is 9.97 Å². The first-order valence-corrected chi connectivity index (χ1v) is 6.01. The molecule has 0 radical (unpaired) electrons. The van der Waals surface area contributed by atoms with Crippen molar-refractivity contribution in [3.05, 3.63) is 29.3 Å². The Bertz CT molecular complexity index is 441. The van der Waals surface area contributed by atoms with Gasteiger partial charge in [-0.05, 0) is 18.4 Å². The minimum Gasteiger partial charge on any atom is -0.292 e. The standard InChI is InChI=1S/C9H10N4S2/c1-6-5-11-9(13-10)12-8(6)15-7-3-2-4-14-7/h2-5H,10H2,1H3,(H,11,12,13). The molecule has 78 valence electrons. The van der Waals surface area contributed by atoms with Gasteiger partial charge in [0.05, 0.1) is 4.21 Å². The van der Waals surface area contributed by atoms with E-state index in [2.05, 4.69) is 21.5 Å². The van der Waals surface area contributed by atoms with Crippen LogP contribution in [-0.2, 0) is 0 Å². The first-order valence-electron chi connectivity index (χ1n) is 4.31. The Kier molecular flexibility index (Phi) is 3.20. The SMILES string of the molecule is Cc1cnc(NN)nc1Sc1cccs1. The number of hydrazine groups is 1. The highest BCUT2D eigenvalue weighted by molar-refractivity contribution is 8.01. The van der Waals surface area contributed by atoms with Crippen molar-refractivity contribution in [2.45, 2.75) is 16.2 Å². The van der Waals surface area contributed by atoms with Gasteiger partial charge in [0.2, 0.25) is 5.95 Å². The summed E-state index contributed by atoms with van der Waals surface area (Å²) in [6, 6.07) is 4.08. The highest BCUT2D eigenvalue weighted by Gasteiger charge is 2.05. The summed E-state index contributed by atoms with van der Waals surface area (Å²) in [6.07, 6.45) is 1.76. The molecule has 3 N–H and O–H groups in total. The van der Waals surface area contributed by atoms with Crippen molar-refractivity contribution in [1.82, 2.24) is 9.97 Å². The molecule has 0 amide bonds. The average Bonchev–Trinajstić information content (AvgIpc) is 2.74. The summed E-state index contributed by atoms with van der Waals surface area (Å²) in [5.41, 5.74) is 3.49. The molecular weight excluding hydrogens is 228 g/mol. The molecule has 0 spiro atoms. The van der Waals surface area contributed by atoms with Gasteiger partial charge in [-0.3, -0.25) is 5.43 Å². The van der Waals surface area contributed by atoms with E-state index in [0.29, 0.717) is 5.95 Å². The maximum atomic E-state index is 5.26. The van der Waals surface area contributed by atoms with E-state index in [1.165, 1.54) is 4.21 Å². The van der Waals surface area contributed by atoms with Gasteiger partial charge in [-0.1, -0.05) is 17.8 Å². The second kappa shape index (κ2) is 4.61. The van der Waals surface area contributed by atoms with Gasteiger partial charge in [-0.15, -0.1) is 11.3 Å². The lowest BCUT2D eigenvalue weighted by atomic mass is 10.4. The first-order chi connectivity index (χ1) is 7.29. The third-order valence-electron chi connectivity index (χ3n) is 1.75. The number of rotatable bonds is 3. The third kappa shape index (κ3) is 2.47. The second-order valence-corrected chi connectivity index (χ2v) is 5.10. The maximum Gasteiger partial charge on any atom is 0.238 e. The van der Waals surface area contributed by atoms with Gasteiger partial charge in [0.1, 0.15) is 5.03 Å². The molecule has 2 heterocycles. The van der Waals surface area contributed by atoms with Crippen molar-refractivity contribution in [2.75, 3.05) is 5.43 Å². The van der Waals surface area contributed by atoms with Crippen molar-refractivity contribution < 1.29 is 0 Å². The normalized spacial score (nSPS) is 10.3. The number of nitrogens with zero attached hydrogens (tertiary/aromatic N) is 2. The van der Waals surface area contributed by atoms with Crippen molar-refractivity contribution in [3.63, 3.8) is 0 Å². The number of aryl methyl sites for hydroxylation is 1. The summed E-state index contributed by atoms with van der Waals surface area (Å²) in [4.78, 5) is 8.32. The molecule has 0 saturated carbocycles. The number of hydrogen-bond donors (Lipinski definition) is 2. The highest BCUT2D eigenvalue weighted by atomic mass is 32.2. The molecule has 6 heteroatoms. The number of aromatic nitrogens is 2. The monoisotopic (exact) mass is 238 g/mol. The zero-order valence-electron chi connectivity index (χ0n) is 8.10. The van der Waals surface area contributed by atoms with Crippen molar-refractivity contribution >= 4 is 29.0 Å². The molecule has 0 fully saturated rings. The molecule has 0 unspecified atom stereocenters. The predicted molar refractivity (Wildman–Crippen MR) is 63.0 cm³/mol. The number of nitrogen functional groups attached to an aromatic ring is 1. The molecule has 0 bridgehead atoms. The molecule has 2 aromatic rings. The van der Waals surface area contributed by atoms with Crippen LogP contribution in [0.5, 0.6) is 0 Å². The fraction of sp³-hybridized carbons (Fsp3) is 0.111. The average molecular weight is 238 g/mol. The molecule has 0 aromatic carbocycles. The molecule has 0 atom stereocenters. The van der Waals surface area contributed by atoms with Crippen molar-refractivity contribution in [1.29, 1.82) is 0 Å². The minimum atomic E-state index is 0.444. The largest absolute Gasteiger partial charge is 0.292 e. The van der Waals surface area contributed by atoms with Crippen LogP contribution in [0.2, 0.25) is 0 Å². The molecule has 0 saturated heterocycles. The molecule has 4 nitrogen and oxygen atoms in total. The van der Waals surface area contributed by atoms with Crippen LogP contribution in [0.25, 0.3) is 0 Å². The van der Waals surface area contributed by atoms with E-state index in [1.807, 2.05) is 18.4 Å². The predicted octanol–water partition coefficient (Wildman–Crippen LogP) is 2.28. The van der Waals surface area contributed by atoms with E-state index in [4.69, 9.17) is 5.84 Å². The lowest BCUT2D eigenvalue weighted by molar-refractivity contribution is 0.993. The fourth-order valence-electron chi connectivity index (χ4n) is 1.02. The van der Waals surface area contributed by atoms with Crippen LogP contribution in [0.15, 0.2) is 32.9 Å². The molecule has 2 rings (SSSR count). The van der Waals surface area contributed by atoms with Gasteiger partial charge in [-0.25, -0.2) is 15.8 Å². The zero-order valence-corrected chi connectivity index (χ0v) is 9.73. The summed E-state index contributed by atoms with van der Waals surface area (Å²) >= 11 is 3.31. The molecule has 0 aliphatic rings. The topological polar surface area (TPSA) is 63.8 Å². The number of nitrogens with two attached hydrogens (primary N) is 1. The van der Waals surface area contributed by atoms with Crippen LogP contribution < -0.4 is 11.3 Å². The van der Waals surface area contributed by atoms with Crippen molar-refractivity contribution in [2.24, 2.45) is 5.84 Å². The molecule has 0 aliphatic carbocycles. The lowest BCUT2D eigenvalue weighted by Gasteiger charge is -2.04. The molecule has 0 aliphatic heterocycles. The Morgan fingerprint density at radius 2 is 2.40 bits per heavy atom. The lowest BCUT2D eigenvalue weighted by Crippen LogP contribution is -2.10.